The van der Waals surface area contributed by atoms with E-state index in [1.54, 1.807) is 6.07 Å². The van der Waals surface area contributed by atoms with Gasteiger partial charge in [-0.15, -0.1) is 0 Å². The van der Waals surface area contributed by atoms with E-state index in [0.29, 0.717) is 11.5 Å². The first-order chi connectivity index (χ1) is 8.36. The highest BCUT2D eigenvalue weighted by Crippen LogP contribution is 2.31. The molecule has 0 aliphatic heterocycles. The fraction of sp³-hybridized carbons (Fsp3) is 0.571. The molecule has 1 rings (SSSR count). The highest BCUT2D eigenvalue weighted by atomic mass is 19.4. The Bertz CT molecular complexity index is 372. The maximum atomic E-state index is 12.8. The van der Waals surface area contributed by atoms with Gasteiger partial charge < -0.3 is 5.32 Å². The molecule has 0 amide bonds. The lowest BCUT2D eigenvalue weighted by Crippen LogP contribution is -2.33. The molecule has 0 heterocycles. The summed E-state index contributed by atoms with van der Waals surface area (Å²) in [4.78, 5) is 0. The van der Waals surface area contributed by atoms with Crippen molar-refractivity contribution in [2.45, 2.75) is 46.0 Å². The van der Waals surface area contributed by atoms with Gasteiger partial charge in [0.05, 0.1) is 5.56 Å². The number of alkyl halides is 3. The maximum absolute atomic E-state index is 12.8. The first kappa shape index (κ1) is 15.0. The Kier molecular flexibility index (Phi) is 5.20. The van der Waals surface area contributed by atoms with Crippen molar-refractivity contribution >= 4 is 0 Å². The third-order valence-electron chi connectivity index (χ3n) is 3.12. The molecule has 1 aromatic rings. The quantitative estimate of drug-likeness (QED) is 0.834. The van der Waals surface area contributed by atoms with Gasteiger partial charge in [0.2, 0.25) is 0 Å². The molecular weight excluding hydrogens is 239 g/mol. The minimum absolute atomic E-state index is 0.242. The normalized spacial score (nSPS) is 13.9. The molecule has 1 nitrogen and oxygen atoms in total. The molecule has 102 valence electrons. The Morgan fingerprint density at radius 2 is 1.78 bits per heavy atom. The lowest BCUT2D eigenvalue weighted by Gasteiger charge is -2.22. The van der Waals surface area contributed by atoms with Crippen LogP contribution in [0.15, 0.2) is 24.3 Å². The fourth-order valence-corrected chi connectivity index (χ4v) is 2.04. The van der Waals surface area contributed by atoms with Gasteiger partial charge in [-0.2, -0.15) is 13.2 Å². The first-order valence-electron chi connectivity index (χ1n) is 6.24. The molecule has 0 spiro atoms. The van der Waals surface area contributed by atoms with Crippen LogP contribution in [0.5, 0.6) is 0 Å². The Morgan fingerprint density at radius 3 is 2.28 bits per heavy atom. The van der Waals surface area contributed by atoms with Gasteiger partial charge in [0, 0.05) is 12.6 Å². The first-order valence-corrected chi connectivity index (χ1v) is 6.24. The van der Waals surface area contributed by atoms with Gasteiger partial charge in [-0.3, -0.25) is 0 Å². The predicted octanol–water partition coefficient (Wildman–Crippen LogP) is 4.23. The molecule has 0 aliphatic rings. The summed E-state index contributed by atoms with van der Waals surface area (Å²) < 4.78 is 38.4. The molecule has 0 bridgehead atoms. The van der Waals surface area contributed by atoms with E-state index < -0.39 is 11.7 Å². The third kappa shape index (κ3) is 4.02. The second-order valence-electron chi connectivity index (χ2n) is 4.79. The zero-order chi connectivity index (χ0) is 13.8. The summed E-state index contributed by atoms with van der Waals surface area (Å²) in [6, 6.07) is 5.97. The average molecular weight is 259 g/mol. The summed E-state index contributed by atoms with van der Waals surface area (Å²) in [5.41, 5.74) is -0.236. The Balaban J connectivity index is 2.79. The van der Waals surface area contributed by atoms with Crippen LogP contribution in [0.1, 0.15) is 38.3 Å². The number of hydrogen-bond acceptors (Lipinski definition) is 1. The third-order valence-corrected chi connectivity index (χ3v) is 3.12. The number of halogens is 3. The fourth-order valence-electron chi connectivity index (χ4n) is 2.04. The standard InChI is InChI=1S/C14H20F3N/c1-4-13(10(2)3)18-9-11-7-5-6-8-12(11)14(15,16)17/h5-8,10,13,18H,4,9H2,1-3H3. The van der Waals surface area contributed by atoms with Gasteiger partial charge in [0.1, 0.15) is 0 Å². The summed E-state index contributed by atoms with van der Waals surface area (Å²) in [7, 11) is 0. The zero-order valence-corrected chi connectivity index (χ0v) is 11.0. The Morgan fingerprint density at radius 1 is 1.17 bits per heavy atom. The molecule has 18 heavy (non-hydrogen) atoms. The van der Waals surface area contributed by atoms with Gasteiger partial charge in [-0.05, 0) is 24.0 Å². The topological polar surface area (TPSA) is 12.0 Å². The Labute approximate surface area is 106 Å². The van der Waals surface area contributed by atoms with Crippen LogP contribution in [-0.2, 0) is 12.7 Å². The van der Waals surface area contributed by atoms with E-state index >= 15 is 0 Å². The van der Waals surface area contributed by atoms with Crippen molar-refractivity contribution in [1.29, 1.82) is 0 Å². The second-order valence-corrected chi connectivity index (χ2v) is 4.79. The van der Waals surface area contributed by atoms with Gasteiger partial charge in [-0.25, -0.2) is 0 Å². The summed E-state index contributed by atoms with van der Waals surface area (Å²) in [6.45, 7) is 6.42. The molecule has 0 saturated carbocycles. The molecule has 1 atom stereocenters. The van der Waals surface area contributed by atoms with E-state index in [1.165, 1.54) is 12.1 Å². The zero-order valence-electron chi connectivity index (χ0n) is 11.0. The summed E-state index contributed by atoms with van der Waals surface area (Å²) in [5, 5.41) is 3.20. The van der Waals surface area contributed by atoms with Gasteiger partial charge in [0.15, 0.2) is 0 Å². The molecule has 0 aliphatic carbocycles. The van der Waals surface area contributed by atoms with Crippen LogP contribution in [-0.4, -0.2) is 6.04 Å². The van der Waals surface area contributed by atoms with Crippen molar-refractivity contribution in [2.24, 2.45) is 5.92 Å². The lowest BCUT2D eigenvalue weighted by molar-refractivity contribution is -0.138. The monoisotopic (exact) mass is 259 g/mol. The van der Waals surface area contributed by atoms with Crippen LogP contribution < -0.4 is 5.32 Å². The van der Waals surface area contributed by atoms with E-state index in [4.69, 9.17) is 0 Å². The maximum Gasteiger partial charge on any atom is 0.416 e. The van der Waals surface area contributed by atoms with Crippen molar-refractivity contribution < 1.29 is 13.2 Å². The number of rotatable bonds is 5. The van der Waals surface area contributed by atoms with E-state index in [-0.39, 0.29) is 12.6 Å². The second kappa shape index (κ2) is 6.23. The highest BCUT2D eigenvalue weighted by Gasteiger charge is 2.32. The van der Waals surface area contributed by atoms with Crippen molar-refractivity contribution in [3.8, 4) is 0 Å². The van der Waals surface area contributed by atoms with Crippen LogP contribution in [0.2, 0.25) is 0 Å². The lowest BCUT2D eigenvalue weighted by atomic mass is 10.0. The molecule has 1 N–H and O–H groups in total. The van der Waals surface area contributed by atoms with Crippen molar-refractivity contribution in [1.82, 2.24) is 5.32 Å². The van der Waals surface area contributed by atoms with E-state index in [9.17, 15) is 13.2 Å². The van der Waals surface area contributed by atoms with E-state index in [1.807, 2.05) is 6.92 Å². The summed E-state index contributed by atoms with van der Waals surface area (Å²) >= 11 is 0. The molecule has 4 heteroatoms. The van der Waals surface area contributed by atoms with Crippen LogP contribution in [0.4, 0.5) is 13.2 Å². The van der Waals surface area contributed by atoms with Crippen LogP contribution in [0.3, 0.4) is 0 Å². The summed E-state index contributed by atoms with van der Waals surface area (Å²) in [6.07, 6.45) is -3.37. The molecule has 1 unspecified atom stereocenters. The summed E-state index contributed by atoms with van der Waals surface area (Å²) in [5.74, 6) is 0.410. The van der Waals surface area contributed by atoms with Crippen molar-refractivity contribution in [3.05, 3.63) is 35.4 Å². The van der Waals surface area contributed by atoms with Gasteiger partial charge >= 0.3 is 6.18 Å². The van der Waals surface area contributed by atoms with Crippen LogP contribution >= 0.6 is 0 Å². The minimum Gasteiger partial charge on any atom is -0.310 e. The molecule has 0 saturated heterocycles. The van der Waals surface area contributed by atoms with Crippen LogP contribution in [0, 0.1) is 5.92 Å². The Hall–Kier alpha value is -1.03. The SMILES string of the molecule is CCC(NCc1ccccc1C(F)(F)F)C(C)C. The molecule has 1 aromatic carbocycles. The van der Waals surface area contributed by atoms with Crippen molar-refractivity contribution in [3.63, 3.8) is 0 Å². The molecule has 0 aromatic heterocycles. The predicted molar refractivity (Wildman–Crippen MR) is 67.2 cm³/mol. The number of nitrogens with one attached hydrogen (secondary N) is 1. The van der Waals surface area contributed by atoms with Crippen molar-refractivity contribution in [2.75, 3.05) is 0 Å². The highest BCUT2D eigenvalue weighted by molar-refractivity contribution is 5.29. The number of hydrogen-bond donors (Lipinski definition) is 1. The van der Waals surface area contributed by atoms with Gasteiger partial charge in [0.25, 0.3) is 0 Å². The van der Waals surface area contributed by atoms with Gasteiger partial charge in [-0.1, -0.05) is 39.0 Å². The largest absolute Gasteiger partial charge is 0.416 e. The molecular formula is C14H20F3N. The smallest absolute Gasteiger partial charge is 0.310 e. The molecule has 0 radical (unpaired) electrons. The average Bonchev–Trinajstić information content (AvgIpc) is 2.28. The van der Waals surface area contributed by atoms with E-state index in [2.05, 4.69) is 19.2 Å². The van der Waals surface area contributed by atoms with Crippen LogP contribution in [0.25, 0.3) is 0 Å². The number of benzene rings is 1. The molecule has 0 fully saturated rings. The minimum atomic E-state index is -4.28. The van der Waals surface area contributed by atoms with E-state index in [0.717, 1.165) is 12.5 Å².